The molecule has 5 N–H and O–H groups in total. The Morgan fingerprint density at radius 2 is 1.82 bits per heavy atom. The van der Waals surface area contributed by atoms with Gasteiger partial charge in [0.1, 0.15) is 6.10 Å². The van der Waals surface area contributed by atoms with Gasteiger partial charge in [-0.2, -0.15) is 0 Å². The summed E-state index contributed by atoms with van der Waals surface area (Å²) >= 11 is 0. The van der Waals surface area contributed by atoms with E-state index in [2.05, 4.69) is 5.32 Å². The number of carbonyl (C=O) groups excluding carboxylic acids is 2. The molecule has 2 atom stereocenters. The average molecular weight is 236 g/mol. The van der Waals surface area contributed by atoms with Crippen molar-refractivity contribution < 1.29 is 19.8 Å². The molecular weight excluding hydrogens is 224 g/mol. The lowest BCUT2D eigenvalue weighted by molar-refractivity contribution is 0.0243. The van der Waals surface area contributed by atoms with Crippen molar-refractivity contribution in [2.45, 2.75) is 12.2 Å². The van der Waals surface area contributed by atoms with Crippen molar-refractivity contribution in [2.75, 3.05) is 6.54 Å². The van der Waals surface area contributed by atoms with Gasteiger partial charge < -0.3 is 15.9 Å². The van der Waals surface area contributed by atoms with Crippen molar-refractivity contribution in [1.29, 1.82) is 0 Å². The Labute approximate surface area is 97.1 Å². The molecule has 0 aromatic heterocycles. The third-order valence-electron chi connectivity index (χ3n) is 2.71. The molecular formula is C11H12N2O4. The molecule has 0 saturated carbocycles. The summed E-state index contributed by atoms with van der Waals surface area (Å²) in [5.74, 6) is -0.952. The van der Waals surface area contributed by atoms with Crippen LogP contribution in [0.15, 0.2) is 18.2 Å². The Bertz CT molecular complexity index is 486. The number of hydrogen-bond donors (Lipinski definition) is 4. The molecule has 6 heteroatoms. The van der Waals surface area contributed by atoms with E-state index in [1.54, 1.807) is 0 Å². The number of imide groups is 1. The molecule has 1 aliphatic heterocycles. The number of fused-ring (bicyclic) bond motifs is 1. The fraction of sp³-hybridized carbons (Fsp3) is 0.273. The minimum Gasteiger partial charge on any atom is -0.389 e. The number of aliphatic hydroxyl groups is 2. The van der Waals surface area contributed by atoms with Crippen LogP contribution in [-0.2, 0) is 0 Å². The van der Waals surface area contributed by atoms with Gasteiger partial charge in [0.15, 0.2) is 0 Å². The molecule has 1 aromatic rings. The Morgan fingerprint density at radius 3 is 2.47 bits per heavy atom. The lowest BCUT2D eigenvalue weighted by atomic mass is 9.99. The van der Waals surface area contributed by atoms with Gasteiger partial charge in [0.25, 0.3) is 11.8 Å². The number of amides is 2. The maximum Gasteiger partial charge on any atom is 0.258 e. The molecule has 2 rings (SSSR count). The molecule has 0 radical (unpaired) electrons. The number of benzene rings is 1. The van der Waals surface area contributed by atoms with E-state index in [1.807, 2.05) is 0 Å². The molecule has 2 amide bonds. The zero-order valence-electron chi connectivity index (χ0n) is 8.88. The van der Waals surface area contributed by atoms with Gasteiger partial charge in [-0.25, -0.2) is 0 Å². The highest BCUT2D eigenvalue weighted by molar-refractivity contribution is 6.21. The van der Waals surface area contributed by atoms with E-state index in [0.29, 0.717) is 5.56 Å². The summed E-state index contributed by atoms with van der Waals surface area (Å²) in [4.78, 5) is 22.7. The van der Waals surface area contributed by atoms with Crippen LogP contribution in [0.4, 0.5) is 0 Å². The van der Waals surface area contributed by atoms with Gasteiger partial charge in [-0.05, 0) is 17.7 Å². The maximum absolute atomic E-state index is 11.4. The summed E-state index contributed by atoms with van der Waals surface area (Å²) in [6.45, 7) is -0.0939. The first-order valence-corrected chi connectivity index (χ1v) is 5.10. The van der Waals surface area contributed by atoms with Crippen molar-refractivity contribution in [2.24, 2.45) is 5.73 Å². The fourth-order valence-corrected chi connectivity index (χ4v) is 1.72. The summed E-state index contributed by atoms with van der Waals surface area (Å²) < 4.78 is 0. The van der Waals surface area contributed by atoms with Crippen LogP contribution >= 0.6 is 0 Å². The highest BCUT2D eigenvalue weighted by Crippen LogP contribution is 2.23. The summed E-state index contributed by atoms with van der Waals surface area (Å²) in [5.41, 5.74) is 6.06. The van der Waals surface area contributed by atoms with E-state index in [4.69, 9.17) is 5.73 Å². The van der Waals surface area contributed by atoms with Crippen molar-refractivity contribution in [3.05, 3.63) is 34.9 Å². The molecule has 6 nitrogen and oxygen atoms in total. The maximum atomic E-state index is 11.4. The van der Waals surface area contributed by atoms with Crippen LogP contribution in [0.1, 0.15) is 32.4 Å². The van der Waals surface area contributed by atoms with E-state index in [-0.39, 0.29) is 17.7 Å². The summed E-state index contributed by atoms with van der Waals surface area (Å²) in [6.07, 6.45) is -2.28. The first-order chi connectivity index (χ1) is 8.04. The Morgan fingerprint density at radius 1 is 1.18 bits per heavy atom. The van der Waals surface area contributed by atoms with Crippen LogP contribution in [0.3, 0.4) is 0 Å². The van der Waals surface area contributed by atoms with E-state index < -0.39 is 24.0 Å². The standard InChI is InChI=1S/C11H12N2O4/c12-4-8(14)9(15)5-1-2-6-7(3-5)11(17)13-10(6)16/h1-3,8-9,14-15H,4,12H2,(H,13,16,17). The zero-order chi connectivity index (χ0) is 12.6. The fourth-order valence-electron chi connectivity index (χ4n) is 1.72. The van der Waals surface area contributed by atoms with E-state index >= 15 is 0 Å². The average Bonchev–Trinajstić information content (AvgIpc) is 2.62. The van der Waals surface area contributed by atoms with Gasteiger partial charge in [0.2, 0.25) is 0 Å². The largest absolute Gasteiger partial charge is 0.389 e. The first kappa shape index (κ1) is 11.7. The molecule has 0 saturated heterocycles. The molecule has 0 fully saturated rings. The number of rotatable bonds is 3. The second-order valence-corrected chi connectivity index (χ2v) is 3.84. The first-order valence-electron chi connectivity index (χ1n) is 5.10. The molecule has 0 bridgehead atoms. The van der Waals surface area contributed by atoms with Crippen LogP contribution in [0, 0.1) is 0 Å². The van der Waals surface area contributed by atoms with Crippen LogP contribution in [0.2, 0.25) is 0 Å². The molecule has 1 aliphatic rings. The number of aliphatic hydroxyl groups excluding tert-OH is 2. The Hall–Kier alpha value is -1.76. The van der Waals surface area contributed by atoms with Crippen LogP contribution in [0.5, 0.6) is 0 Å². The molecule has 2 unspecified atom stereocenters. The van der Waals surface area contributed by atoms with Gasteiger partial charge in [-0.3, -0.25) is 14.9 Å². The predicted octanol–water partition coefficient (Wildman–Crippen LogP) is -1.08. The van der Waals surface area contributed by atoms with Crippen molar-refractivity contribution in [3.63, 3.8) is 0 Å². The van der Waals surface area contributed by atoms with Crippen LogP contribution < -0.4 is 11.1 Å². The number of carbonyl (C=O) groups is 2. The number of nitrogens with one attached hydrogen (secondary N) is 1. The second kappa shape index (κ2) is 4.25. The lowest BCUT2D eigenvalue weighted by Gasteiger charge is -2.16. The second-order valence-electron chi connectivity index (χ2n) is 3.84. The molecule has 0 spiro atoms. The van der Waals surface area contributed by atoms with Gasteiger partial charge in [-0.15, -0.1) is 0 Å². The predicted molar refractivity (Wildman–Crippen MR) is 58.3 cm³/mol. The van der Waals surface area contributed by atoms with Crippen LogP contribution in [-0.4, -0.2) is 34.7 Å². The topological polar surface area (TPSA) is 113 Å². The van der Waals surface area contributed by atoms with Gasteiger partial charge in [0.05, 0.1) is 17.2 Å². The molecule has 1 aromatic carbocycles. The molecule has 1 heterocycles. The van der Waals surface area contributed by atoms with Gasteiger partial charge >= 0.3 is 0 Å². The highest BCUT2D eigenvalue weighted by atomic mass is 16.3. The van der Waals surface area contributed by atoms with Crippen molar-refractivity contribution in [3.8, 4) is 0 Å². The van der Waals surface area contributed by atoms with Crippen molar-refractivity contribution in [1.82, 2.24) is 5.32 Å². The van der Waals surface area contributed by atoms with Gasteiger partial charge in [-0.1, -0.05) is 6.07 Å². The third-order valence-corrected chi connectivity index (χ3v) is 2.71. The summed E-state index contributed by atoms with van der Waals surface area (Å²) in [7, 11) is 0. The smallest absolute Gasteiger partial charge is 0.258 e. The van der Waals surface area contributed by atoms with E-state index in [1.165, 1.54) is 18.2 Å². The Kier molecular flexibility index (Phi) is 2.93. The molecule has 0 aliphatic carbocycles. The quantitative estimate of drug-likeness (QED) is 0.499. The minimum atomic E-state index is -1.17. The minimum absolute atomic E-state index is 0.0939. The molecule has 90 valence electrons. The zero-order valence-corrected chi connectivity index (χ0v) is 8.88. The van der Waals surface area contributed by atoms with E-state index in [9.17, 15) is 19.8 Å². The van der Waals surface area contributed by atoms with E-state index in [0.717, 1.165) is 0 Å². The SMILES string of the molecule is NCC(O)C(O)c1ccc2c(c1)C(=O)NC2=O. The van der Waals surface area contributed by atoms with Crippen LogP contribution in [0.25, 0.3) is 0 Å². The number of hydrogen-bond acceptors (Lipinski definition) is 5. The van der Waals surface area contributed by atoms with Crippen molar-refractivity contribution >= 4 is 11.8 Å². The normalized spacial score (nSPS) is 17.6. The van der Waals surface area contributed by atoms with Gasteiger partial charge in [0, 0.05) is 6.54 Å². The Balaban J connectivity index is 2.38. The lowest BCUT2D eigenvalue weighted by Crippen LogP contribution is -2.27. The summed E-state index contributed by atoms with van der Waals surface area (Å²) in [6, 6.07) is 4.32. The summed E-state index contributed by atoms with van der Waals surface area (Å²) in [5, 5.41) is 21.3. The number of nitrogens with two attached hydrogens (primary N) is 1. The third kappa shape index (κ3) is 1.93. The monoisotopic (exact) mass is 236 g/mol. The highest BCUT2D eigenvalue weighted by Gasteiger charge is 2.28. The molecule has 17 heavy (non-hydrogen) atoms.